The van der Waals surface area contributed by atoms with Crippen LogP contribution in [0, 0.1) is 10.1 Å². The van der Waals surface area contributed by atoms with Crippen molar-refractivity contribution < 1.29 is 22.5 Å². The van der Waals surface area contributed by atoms with Gasteiger partial charge in [0.05, 0.1) is 24.8 Å². The lowest BCUT2D eigenvalue weighted by molar-refractivity contribution is -0.385. The Labute approximate surface area is 161 Å². The second kappa shape index (κ2) is 8.19. The molecule has 0 amide bonds. The number of ether oxygens (including phenoxy) is 1. The van der Waals surface area contributed by atoms with E-state index in [1.54, 1.807) is 36.7 Å². The minimum absolute atomic E-state index is 0.00270. The molecule has 1 aromatic carbocycles. The number of furan rings is 1. The van der Waals surface area contributed by atoms with E-state index in [4.69, 9.17) is 9.15 Å². The molecule has 0 radical (unpaired) electrons. The van der Waals surface area contributed by atoms with Gasteiger partial charge in [-0.05, 0) is 29.8 Å². The maximum atomic E-state index is 13.4. The number of nitro benzene ring substituents is 1. The number of hydrogen-bond acceptors (Lipinski definition) is 7. The maximum Gasteiger partial charge on any atom is 0.271 e. The van der Waals surface area contributed by atoms with Crippen molar-refractivity contribution in [2.24, 2.45) is 0 Å². The van der Waals surface area contributed by atoms with Crippen molar-refractivity contribution in [2.45, 2.75) is 18.0 Å². The standard InChI is InChI=1S/C18H17N3O6S/c1-26-17-7-6-15(21(22)23)10-18(17)28(24,25)20(13-16-5-3-9-27-16)12-14-4-2-8-19-11-14/h2-11H,12-13H2,1H3. The monoisotopic (exact) mass is 403 g/mol. The van der Waals surface area contributed by atoms with Crippen LogP contribution in [0.3, 0.4) is 0 Å². The van der Waals surface area contributed by atoms with Gasteiger partial charge in [-0.15, -0.1) is 0 Å². The summed E-state index contributed by atoms with van der Waals surface area (Å²) in [6, 6.07) is 10.2. The maximum absolute atomic E-state index is 13.4. The van der Waals surface area contributed by atoms with E-state index in [0.29, 0.717) is 11.3 Å². The Balaban J connectivity index is 2.07. The number of nitro groups is 1. The van der Waals surface area contributed by atoms with Crippen molar-refractivity contribution >= 4 is 15.7 Å². The van der Waals surface area contributed by atoms with Crippen LogP contribution in [0.15, 0.2) is 70.4 Å². The Morgan fingerprint density at radius 1 is 1.21 bits per heavy atom. The summed E-state index contributed by atoms with van der Waals surface area (Å²) in [7, 11) is -2.85. The number of rotatable bonds is 8. The molecule has 0 saturated carbocycles. The van der Waals surface area contributed by atoms with Crippen LogP contribution in [0.5, 0.6) is 5.75 Å². The van der Waals surface area contributed by atoms with Gasteiger partial charge in [0.25, 0.3) is 5.69 Å². The number of methoxy groups -OCH3 is 1. The van der Waals surface area contributed by atoms with Crippen molar-refractivity contribution in [3.05, 3.63) is 82.6 Å². The topological polar surface area (TPSA) is 116 Å². The number of nitrogens with zero attached hydrogens (tertiary/aromatic N) is 3. The van der Waals surface area contributed by atoms with E-state index in [2.05, 4.69) is 4.98 Å². The number of hydrogen-bond donors (Lipinski definition) is 0. The lowest BCUT2D eigenvalue weighted by atomic mass is 10.3. The summed E-state index contributed by atoms with van der Waals surface area (Å²) in [5.74, 6) is 0.443. The van der Waals surface area contributed by atoms with Crippen LogP contribution in [-0.4, -0.2) is 29.7 Å². The third-order valence-electron chi connectivity index (χ3n) is 3.97. The molecule has 2 aromatic heterocycles. The summed E-state index contributed by atoms with van der Waals surface area (Å²) < 4.78 is 38.3. The summed E-state index contributed by atoms with van der Waals surface area (Å²) in [5, 5.41) is 11.1. The van der Waals surface area contributed by atoms with Crippen molar-refractivity contribution in [3.63, 3.8) is 0 Å². The molecule has 146 valence electrons. The zero-order chi connectivity index (χ0) is 20.1. The minimum Gasteiger partial charge on any atom is -0.495 e. The smallest absolute Gasteiger partial charge is 0.271 e. The summed E-state index contributed by atoms with van der Waals surface area (Å²) in [6.45, 7) is -0.0568. The van der Waals surface area contributed by atoms with Crippen LogP contribution < -0.4 is 4.74 Å². The van der Waals surface area contributed by atoms with Crippen LogP contribution in [0.1, 0.15) is 11.3 Å². The molecule has 0 fully saturated rings. The number of aromatic nitrogens is 1. The summed E-state index contributed by atoms with van der Waals surface area (Å²) in [6.07, 6.45) is 4.58. The van der Waals surface area contributed by atoms with Gasteiger partial charge >= 0.3 is 0 Å². The van der Waals surface area contributed by atoms with Crippen molar-refractivity contribution in [3.8, 4) is 5.75 Å². The minimum atomic E-state index is -4.16. The summed E-state index contributed by atoms with van der Waals surface area (Å²) in [5.41, 5.74) is 0.306. The Morgan fingerprint density at radius 2 is 2.04 bits per heavy atom. The normalized spacial score (nSPS) is 11.5. The number of pyridine rings is 1. The van der Waals surface area contributed by atoms with Gasteiger partial charge in [0.15, 0.2) is 0 Å². The zero-order valence-corrected chi connectivity index (χ0v) is 15.7. The predicted molar refractivity (Wildman–Crippen MR) is 99.0 cm³/mol. The van der Waals surface area contributed by atoms with Gasteiger partial charge in [-0.2, -0.15) is 4.31 Å². The lowest BCUT2D eigenvalue weighted by Crippen LogP contribution is -2.30. The largest absolute Gasteiger partial charge is 0.495 e. The van der Waals surface area contributed by atoms with Crippen LogP contribution in [0.2, 0.25) is 0 Å². The van der Waals surface area contributed by atoms with E-state index in [0.717, 1.165) is 10.4 Å². The molecule has 0 aliphatic carbocycles. The van der Waals surface area contributed by atoms with Gasteiger partial charge in [-0.1, -0.05) is 6.07 Å². The van der Waals surface area contributed by atoms with E-state index >= 15 is 0 Å². The van der Waals surface area contributed by atoms with Gasteiger partial charge in [-0.25, -0.2) is 8.42 Å². The Hall–Kier alpha value is -3.24. The van der Waals surface area contributed by atoms with Crippen molar-refractivity contribution in [1.82, 2.24) is 9.29 Å². The van der Waals surface area contributed by atoms with E-state index in [-0.39, 0.29) is 29.4 Å². The van der Waals surface area contributed by atoms with E-state index < -0.39 is 14.9 Å². The fourth-order valence-electron chi connectivity index (χ4n) is 2.62. The molecular weight excluding hydrogens is 386 g/mol. The Morgan fingerprint density at radius 3 is 2.64 bits per heavy atom. The van der Waals surface area contributed by atoms with Gasteiger partial charge < -0.3 is 9.15 Å². The third-order valence-corrected chi connectivity index (χ3v) is 5.78. The highest BCUT2D eigenvalue weighted by Crippen LogP contribution is 2.32. The first-order chi connectivity index (χ1) is 13.4. The van der Waals surface area contributed by atoms with E-state index in [1.807, 2.05) is 0 Å². The summed E-state index contributed by atoms with van der Waals surface area (Å²) >= 11 is 0. The van der Waals surface area contributed by atoms with Gasteiger partial charge in [0.2, 0.25) is 10.0 Å². The van der Waals surface area contributed by atoms with Gasteiger partial charge in [-0.3, -0.25) is 15.1 Å². The molecular formula is C18H17N3O6S. The van der Waals surface area contributed by atoms with Crippen molar-refractivity contribution in [1.29, 1.82) is 0 Å². The third kappa shape index (κ3) is 4.18. The molecule has 0 unspecified atom stereocenters. The molecule has 0 spiro atoms. The lowest BCUT2D eigenvalue weighted by Gasteiger charge is -2.22. The zero-order valence-electron chi connectivity index (χ0n) is 14.9. The fourth-order valence-corrected chi connectivity index (χ4v) is 4.19. The predicted octanol–water partition coefficient (Wildman–Crippen LogP) is 2.98. The van der Waals surface area contributed by atoms with Gasteiger partial charge in [0.1, 0.15) is 16.4 Å². The van der Waals surface area contributed by atoms with Crippen LogP contribution in [-0.2, 0) is 23.1 Å². The quantitative estimate of drug-likeness (QED) is 0.419. The number of sulfonamides is 1. The molecule has 3 rings (SSSR count). The number of non-ortho nitro benzene ring substituents is 1. The molecule has 28 heavy (non-hydrogen) atoms. The molecule has 9 nitrogen and oxygen atoms in total. The van der Waals surface area contributed by atoms with Gasteiger partial charge in [0, 0.05) is 31.1 Å². The first-order valence-electron chi connectivity index (χ1n) is 8.15. The molecule has 0 aliphatic rings. The first kappa shape index (κ1) is 19.5. The molecule has 0 saturated heterocycles. The molecule has 10 heteroatoms. The Kier molecular flexibility index (Phi) is 5.71. The highest BCUT2D eigenvalue weighted by molar-refractivity contribution is 7.89. The molecule has 0 bridgehead atoms. The first-order valence-corrected chi connectivity index (χ1v) is 9.59. The van der Waals surface area contributed by atoms with Crippen molar-refractivity contribution in [2.75, 3.05) is 7.11 Å². The highest BCUT2D eigenvalue weighted by Gasteiger charge is 2.30. The van der Waals surface area contributed by atoms with Crippen LogP contribution in [0.4, 0.5) is 5.69 Å². The van der Waals surface area contributed by atoms with E-state index in [1.165, 1.54) is 25.5 Å². The molecule has 0 aliphatic heterocycles. The van der Waals surface area contributed by atoms with Crippen LogP contribution in [0.25, 0.3) is 0 Å². The molecule has 3 aromatic rings. The number of benzene rings is 1. The molecule has 2 heterocycles. The van der Waals surface area contributed by atoms with E-state index in [9.17, 15) is 18.5 Å². The summed E-state index contributed by atoms with van der Waals surface area (Å²) in [4.78, 5) is 14.2. The second-order valence-electron chi connectivity index (χ2n) is 5.81. The average Bonchev–Trinajstić information content (AvgIpc) is 3.21. The average molecular weight is 403 g/mol. The Bertz CT molecular complexity index is 1050. The van der Waals surface area contributed by atoms with Crippen LogP contribution >= 0.6 is 0 Å². The second-order valence-corrected chi connectivity index (χ2v) is 7.71. The molecule has 0 N–H and O–H groups in total. The SMILES string of the molecule is COc1ccc([N+](=O)[O-])cc1S(=O)(=O)N(Cc1cccnc1)Cc1ccco1. The highest BCUT2D eigenvalue weighted by atomic mass is 32.2. The molecule has 0 atom stereocenters. The fraction of sp³-hybridized carbons (Fsp3) is 0.167.